The van der Waals surface area contributed by atoms with Crippen LogP contribution in [-0.2, 0) is 6.42 Å². The summed E-state index contributed by atoms with van der Waals surface area (Å²) in [5.41, 5.74) is 1.94. The average molecular weight is 303 g/mol. The van der Waals surface area contributed by atoms with Crippen LogP contribution in [0.3, 0.4) is 0 Å². The number of carbonyl (C=O) groups is 1. The molecule has 2 rings (SSSR count). The van der Waals surface area contributed by atoms with Gasteiger partial charge in [0, 0.05) is 17.0 Å². The molecule has 2 aromatic rings. The van der Waals surface area contributed by atoms with Crippen LogP contribution in [0.2, 0.25) is 5.02 Å². The number of hydrogen-bond acceptors (Lipinski definition) is 2. The fourth-order valence-corrected chi connectivity index (χ4v) is 2.43. The zero-order valence-corrected chi connectivity index (χ0v) is 13.1. The predicted molar refractivity (Wildman–Crippen MR) is 86.3 cm³/mol. The van der Waals surface area contributed by atoms with Crippen molar-refractivity contribution in [2.75, 3.05) is 7.11 Å². The summed E-state index contributed by atoms with van der Waals surface area (Å²) in [7, 11) is 1.62. The number of hydrogen-bond donors (Lipinski definition) is 0. The van der Waals surface area contributed by atoms with E-state index in [1.165, 1.54) is 5.56 Å². The van der Waals surface area contributed by atoms with Gasteiger partial charge in [0.25, 0.3) is 0 Å². The van der Waals surface area contributed by atoms with Crippen molar-refractivity contribution >= 4 is 17.4 Å². The van der Waals surface area contributed by atoms with Gasteiger partial charge in [0.1, 0.15) is 5.75 Å². The Kier molecular flexibility index (Phi) is 5.40. The van der Waals surface area contributed by atoms with E-state index in [4.69, 9.17) is 16.3 Å². The summed E-state index contributed by atoms with van der Waals surface area (Å²) in [4.78, 5) is 12.2. The number of ketones is 1. The Balaban J connectivity index is 1.93. The van der Waals surface area contributed by atoms with Crippen molar-refractivity contribution in [2.45, 2.75) is 19.8 Å². The summed E-state index contributed by atoms with van der Waals surface area (Å²) in [6, 6.07) is 15.1. The van der Waals surface area contributed by atoms with E-state index in [1.54, 1.807) is 7.11 Å². The Morgan fingerprint density at radius 3 is 2.29 bits per heavy atom. The van der Waals surface area contributed by atoms with Crippen molar-refractivity contribution in [1.29, 1.82) is 0 Å². The second-order valence-corrected chi connectivity index (χ2v) is 5.73. The number of ether oxygens (including phenoxy) is 1. The van der Waals surface area contributed by atoms with Crippen LogP contribution in [0.5, 0.6) is 5.75 Å². The van der Waals surface area contributed by atoms with E-state index in [9.17, 15) is 4.79 Å². The summed E-state index contributed by atoms with van der Waals surface area (Å²) in [5.74, 6) is 1.22. The van der Waals surface area contributed by atoms with Crippen LogP contribution in [0, 0.1) is 5.92 Å². The van der Waals surface area contributed by atoms with Crippen LogP contribution in [0.4, 0.5) is 0 Å². The molecule has 0 bridgehead atoms. The maximum atomic E-state index is 12.2. The summed E-state index contributed by atoms with van der Waals surface area (Å²) in [6.07, 6.45) is 1.41. The third-order valence-electron chi connectivity index (χ3n) is 3.44. The lowest BCUT2D eigenvalue weighted by Gasteiger charge is -2.11. The first kappa shape index (κ1) is 15.6. The first-order chi connectivity index (χ1) is 10.1. The monoisotopic (exact) mass is 302 g/mol. The Hall–Kier alpha value is -1.80. The first-order valence-corrected chi connectivity index (χ1v) is 7.38. The second-order valence-electron chi connectivity index (χ2n) is 5.29. The van der Waals surface area contributed by atoms with Gasteiger partial charge < -0.3 is 4.74 Å². The molecule has 0 amide bonds. The van der Waals surface area contributed by atoms with Gasteiger partial charge in [-0.15, -0.1) is 0 Å². The molecule has 3 heteroatoms. The number of halogens is 1. The van der Waals surface area contributed by atoms with E-state index in [-0.39, 0.29) is 5.78 Å². The lowest BCUT2D eigenvalue weighted by molar-refractivity contribution is 0.0964. The number of Topliss-reactive ketones (excluding diaryl/α,β-unsaturated/α-hetero) is 1. The van der Waals surface area contributed by atoms with Gasteiger partial charge in [-0.2, -0.15) is 0 Å². The van der Waals surface area contributed by atoms with E-state index in [0.29, 0.717) is 12.3 Å². The molecule has 0 saturated carbocycles. The molecular formula is C18H19ClO2. The van der Waals surface area contributed by atoms with E-state index in [1.807, 2.05) is 48.5 Å². The molecule has 0 heterocycles. The number of carbonyl (C=O) groups excluding carboxylic acids is 1. The van der Waals surface area contributed by atoms with Crippen LogP contribution in [0.25, 0.3) is 0 Å². The highest BCUT2D eigenvalue weighted by molar-refractivity contribution is 6.30. The Labute approximate surface area is 130 Å². The summed E-state index contributed by atoms with van der Waals surface area (Å²) >= 11 is 5.87. The average Bonchev–Trinajstić information content (AvgIpc) is 2.49. The first-order valence-electron chi connectivity index (χ1n) is 7.00. The second kappa shape index (κ2) is 7.28. The van der Waals surface area contributed by atoms with Crippen molar-refractivity contribution in [3.05, 3.63) is 64.7 Å². The van der Waals surface area contributed by atoms with Crippen molar-refractivity contribution in [3.8, 4) is 5.75 Å². The lowest BCUT2D eigenvalue weighted by atomic mass is 9.94. The molecular weight excluding hydrogens is 284 g/mol. The summed E-state index contributed by atoms with van der Waals surface area (Å²) in [5, 5.41) is 0.737. The molecule has 0 N–H and O–H groups in total. The van der Waals surface area contributed by atoms with Crippen LogP contribution < -0.4 is 4.74 Å². The number of rotatable bonds is 6. The minimum absolute atomic E-state index is 0.166. The summed E-state index contributed by atoms with van der Waals surface area (Å²) in [6.45, 7) is 2.09. The highest BCUT2D eigenvalue weighted by atomic mass is 35.5. The van der Waals surface area contributed by atoms with Crippen LogP contribution in [0.15, 0.2) is 48.5 Å². The normalized spacial score (nSPS) is 12.0. The molecule has 21 heavy (non-hydrogen) atoms. The zero-order chi connectivity index (χ0) is 15.2. The van der Waals surface area contributed by atoms with Gasteiger partial charge in [-0.05, 0) is 54.3 Å². The Morgan fingerprint density at radius 2 is 1.71 bits per heavy atom. The molecule has 2 nitrogen and oxygen atoms in total. The van der Waals surface area contributed by atoms with E-state index in [0.717, 1.165) is 22.8 Å². The minimum atomic E-state index is 0.166. The molecule has 0 aromatic heterocycles. The third-order valence-corrected chi connectivity index (χ3v) is 3.70. The smallest absolute Gasteiger partial charge is 0.163 e. The highest BCUT2D eigenvalue weighted by Gasteiger charge is 2.12. The molecule has 110 valence electrons. The van der Waals surface area contributed by atoms with Gasteiger partial charge >= 0.3 is 0 Å². The minimum Gasteiger partial charge on any atom is -0.497 e. The zero-order valence-electron chi connectivity index (χ0n) is 12.3. The molecule has 0 saturated heterocycles. The van der Waals surface area contributed by atoms with Gasteiger partial charge in [-0.1, -0.05) is 30.7 Å². The summed E-state index contributed by atoms with van der Waals surface area (Å²) < 4.78 is 5.10. The molecule has 0 aliphatic heterocycles. The number of methoxy groups -OCH3 is 1. The largest absolute Gasteiger partial charge is 0.497 e. The van der Waals surface area contributed by atoms with Gasteiger partial charge in [0.05, 0.1) is 7.11 Å². The molecule has 0 aliphatic carbocycles. The van der Waals surface area contributed by atoms with Crippen LogP contribution in [-0.4, -0.2) is 12.9 Å². The fraction of sp³-hybridized carbons (Fsp3) is 0.278. The highest BCUT2D eigenvalue weighted by Crippen LogP contribution is 2.18. The van der Waals surface area contributed by atoms with E-state index in [2.05, 4.69) is 6.92 Å². The molecule has 0 spiro atoms. The number of benzene rings is 2. The van der Waals surface area contributed by atoms with Gasteiger partial charge in [0.15, 0.2) is 5.78 Å². The lowest BCUT2D eigenvalue weighted by Crippen LogP contribution is -2.08. The topological polar surface area (TPSA) is 26.3 Å². The SMILES string of the molecule is COc1ccc(C(=O)CC(C)Cc2ccc(Cl)cc2)cc1. The van der Waals surface area contributed by atoms with Gasteiger partial charge in [0.2, 0.25) is 0 Å². The fourth-order valence-electron chi connectivity index (χ4n) is 2.31. The van der Waals surface area contributed by atoms with Crippen LogP contribution in [0.1, 0.15) is 29.3 Å². The van der Waals surface area contributed by atoms with Crippen molar-refractivity contribution < 1.29 is 9.53 Å². The standard InChI is InChI=1S/C18H19ClO2/c1-13(11-14-3-7-16(19)8-4-14)12-18(20)15-5-9-17(21-2)10-6-15/h3-10,13H,11-12H2,1-2H3. The van der Waals surface area contributed by atoms with E-state index < -0.39 is 0 Å². The molecule has 1 atom stereocenters. The van der Waals surface area contributed by atoms with Crippen molar-refractivity contribution in [1.82, 2.24) is 0 Å². The molecule has 2 aromatic carbocycles. The third kappa shape index (κ3) is 4.61. The molecule has 0 radical (unpaired) electrons. The molecule has 0 fully saturated rings. The van der Waals surface area contributed by atoms with Gasteiger partial charge in [-0.3, -0.25) is 4.79 Å². The van der Waals surface area contributed by atoms with Crippen molar-refractivity contribution in [3.63, 3.8) is 0 Å². The maximum absolute atomic E-state index is 12.2. The molecule has 1 unspecified atom stereocenters. The quantitative estimate of drug-likeness (QED) is 0.716. The Bertz CT molecular complexity index is 588. The van der Waals surface area contributed by atoms with Gasteiger partial charge in [-0.25, -0.2) is 0 Å². The predicted octanol–water partition coefficient (Wildman–Crippen LogP) is 4.80. The van der Waals surface area contributed by atoms with Crippen molar-refractivity contribution in [2.24, 2.45) is 5.92 Å². The van der Waals surface area contributed by atoms with E-state index >= 15 is 0 Å². The van der Waals surface area contributed by atoms with Crippen LogP contribution >= 0.6 is 11.6 Å². The molecule has 0 aliphatic rings. The maximum Gasteiger partial charge on any atom is 0.163 e. The Morgan fingerprint density at radius 1 is 1.10 bits per heavy atom.